The Morgan fingerprint density at radius 1 is 1.20 bits per heavy atom. The molecule has 1 aliphatic rings. The SMILES string of the molecule is N#Cc1cc2c(nc1Nc1ccccc1Cl)CCCC2. The topological polar surface area (TPSA) is 48.7 Å². The second-order valence-electron chi connectivity index (χ2n) is 4.91. The number of hydrogen-bond donors (Lipinski definition) is 1. The minimum absolute atomic E-state index is 0.575. The quantitative estimate of drug-likeness (QED) is 0.897. The first-order chi connectivity index (χ1) is 9.78. The van der Waals surface area contributed by atoms with Crippen LogP contribution in [0.5, 0.6) is 0 Å². The Labute approximate surface area is 123 Å². The van der Waals surface area contributed by atoms with Crippen LogP contribution in [-0.4, -0.2) is 4.98 Å². The van der Waals surface area contributed by atoms with E-state index < -0.39 is 0 Å². The number of anilines is 2. The number of benzene rings is 1. The monoisotopic (exact) mass is 283 g/mol. The van der Waals surface area contributed by atoms with Crippen molar-refractivity contribution in [1.29, 1.82) is 5.26 Å². The van der Waals surface area contributed by atoms with Crippen molar-refractivity contribution in [1.82, 2.24) is 4.98 Å². The largest absolute Gasteiger partial charge is 0.338 e. The van der Waals surface area contributed by atoms with E-state index in [-0.39, 0.29) is 0 Å². The molecular formula is C16H14ClN3. The molecule has 0 saturated heterocycles. The highest BCUT2D eigenvalue weighted by atomic mass is 35.5. The highest BCUT2D eigenvalue weighted by Crippen LogP contribution is 2.29. The number of para-hydroxylation sites is 1. The van der Waals surface area contributed by atoms with Crippen molar-refractivity contribution in [2.24, 2.45) is 0 Å². The van der Waals surface area contributed by atoms with Gasteiger partial charge in [-0.3, -0.25) is 0 Å². The maximum atomic E-state index is 9.30. The first-order valence-electron chi connectivity index (χ1n) is 6.72. The van der Waals surface area contributed by atoms with Gasteiger partial charge in [-0.15, -0.1) is 0 Å². The Morgan fingerprint density at radius 2 is 2.00 bits per heavy atom. The third-order valence-electron chi connectivity index (χ3n) is 3.55. The van der Waals surface area contributed by atoms with Gasteiger partial charge in [-0.1, -0.05) is 23.7 Å². The molecule has 1 N–H and O–H groups in total. The maximum absolute atomic E-state index is 9.30. The van der Waals surface area contributed by atoms with E-state index >= 15 is 0 Å². The summed E-state index contributed by atoms with van der Waals surface area (Å²) in [5, 5.41) is 13.1. The molecule has 0 saturated carbocycles. The van der Waals surface area contributed by atoms with Crippen LogP contribution in [-0.2, 0) is 12.8 Å². The van der Waals surface area contributed by atoms with E-state index in [0.717, 1.165) is 30.6 Å². The number of rotatable bonds is 2. The van der Waals surface area contributed by atoms with Gasteiger partial charge in [0.25, 0.3) is 0 Å². The predicted octanol–water partition coefficient (Wildman–Crippen LogP) is 4.23. The van der Waals surface area contributed by atoms with E-state index in [1.165, 1.54) is 12.0 Å². The number of fused-ring (bicyclic) bond motifs is 1. The van der Waals surface area contributed by atoms with Crippen LogP contribution >= 0.6 is 11.6 Å². The summed E-state index contributed by atoms with van der Waals surface area (Å²) in [5.41, 5.74) is 3.65. The Balaban J connectivity index is 2.01. The number of nitriles is 1. The van der Waals surface area contributed by atoms with E-state index in [4.69, 9.17) is 11.6 Å². The second kappa shape index (κ2) is 5.52. The lowest BCUT2D eigenvalue weighted by Gasteiger charge is -2.17. The summed E-state index contributed by atoms with van der Waals surface area (Å²) < 4.78 is 0. The van der Waals surface area contributed by atoms with Crippen LogP contribution in [0.15, 0.2) is 30.3 Å². The minimum Gasteiger partial charge on any atom is -0.338 e. The lowest BCUT2D eigenvalue weighted by atomic mass is 9.95. The predicted molar refractivity (Wildman–Crippen MR) is 80.3 cm³/mol. The van der Waals surface area contributed by atoms with Crippen molar-refractivity contribution in [3.8, 4) is 6.07 Å². The molecule has 3 rings (SSSR count). The van der Waals surface area contributed by atoms with Crippen molar-refractivity contribution in [3.05, 3.63) is 52.2 Å². The van der Waals surface area contributed by atoms with E-state index in [9.17, 15) is 5.26 Å². The molecule has 4 heteroatoms. The van der Waals surface area contributed by atoms with Crippen LogP contribution in [0.25, 0.3) is 0 Å². The molecule has 1 aromatic heterocycles. The fraction of sp³-hybridized carbons (Fsp3) is 0.250. The molecule has 0 unspecified atom stereocenters. The van der Waals surface area contributed by atoms with Crippen LogP contribution < -0.4 is 5.32 Å². The molecule has 2 aromatic rings. The number of nitrogens with one attached hydrogen (secondary N) is 1. The first kappa shape index (κ1) is 13.0. The van der Waals surface area contributed by atoms with E-state index in [1.807, 2.05) is 30.3 Å². The van der Waals surface area contributed by atoms with Gasteiger partial charge in [0.15, 0.2) is 0 Å². The number of pyridine rings is 1. The molecule has 0 atom stereocenters. The average Bonchev–Trinajstić information content (AvgIpc) is 2.49. The average molecular weight is 284 g/mol. The number of hydrogen-bond acceptors (Lipinski definition) is 3. The molecule has 20 heavy (non-hydrogen) atoms. The van der Waals surface area contributed by atoms with Gasteiger partial charge in [-0.2, -0.15) is 5.26 Å². The molecule has 0 fully saturated rings. The molecule has 1 heterocycles. The summed E-state index contributed by atoms with van der Waals surface area (Å²) in [6.45, 7) is 0. The fourth-order valence-electron chi connectivity index (χ4n) is 2.50. The lowest BCUT2D eigenvalue weighted by Crippen LogP contribution is -2.09. The van der Waals surface area contributed by atoms with Gasteiger partial charge in [0.1, 0.15) is 11.9 Å². The van der Waals surface area contributed by atoms with Gasteiger partial charge >= 0.3 is 0 Å². The summed E-state index contributed by atoms with van der Waals surface area (Å²) in [7, 11) is 0. The smallest absolute Gasteiger partial charge is 0.148 e. The van der Waals surface area contributed by atoms with E-state index in [1.54, 1.807) is 0 Å². The molecule has 1 aliphatic carbocycles. The number of aryl methyl sites for hydroxylation is 2. The molecule has 3 nitrogen and oxygen atoms in total. The summed E-state index contributed by atoms with van der Waals surface area (Å²) in [6, 6.07) is 11.6. The van der Waals surface area contributed by atoms with E-state index in [2.05, 4.69) is 16.4 Å². The zero-order valence-corrected chi connectivity index (χ0v) is 11.7. The second-order valence-corrected chi connectivity index (χ2v) is 5.32. The molecular weight excluding hydrogens is 270 g/mol. The molecule has 0 bridgehead atoms. The van der Waals surface area contributed by atoms with Gasteiger partial charge in [0, 0.05) is 5.69 Å². The van der Waals surface area contributed by atoms with Gasteiger partial charge in [-0.05, 0) is 49.4 Å². The van der Waals surface area contributed by atoms with Crippen LogP contribution in [0.3, 0.4) is 0 Å². The summed E-state index contributed by atoms with van der Waals surface area (Å²) >= 11 is 6.14. The highest BCUT2D eigenvalue weighted by molar-refractivity contribution is 6.33. The Kier molecular flexibility index (Phi) is 3.58. The third-order valence-corrected chi connectivity index (χ3v) is 3.88. The molecule has 0 amide bonds. The molecule has 0 spiro atoms. The van der Waals surface area contributed by atoms with Crippen molar-refractivity contribution in [2.45, 2.75) is 25.7 Å². The van der Waals surface area contributed by atoms with Gasteiger partial charge < -0.3 is 5.32 Å². The van der Waals surface area contributed by atoms with E-state index in [0.29, 0.717) is 16.4 Å². The maximum Gasteiger partial charge on any atom is 0.148 e. The van der Waals surface area contributed by atoms with Crippen molar-refractivity contribution >= 4 is 23.1 Å². The normalized spacial score (nSPS) is 13.4. The standard InChI is InChI=1S/C16H14ClN3/c17-13-6-2-4-8-15(13)20-16-12(10-18)9-11-5-1-3-7-14(11)19-16/h2,4,6,8-9H,1,3,5,7H2,(H,19,20). The number of aromatic nitrogens is 1. The zero-order valence-electron chi connectivity index (χ0n) is 11.0. The van der Waals surface area contributed by atoms with Crippen LogP contribution in [0.4, 0.5) is 11.5 Å². The fourth-order valence-corrected chi connectivity index (χ4v) is 2.69. The lowest BCUT2D eigenvalue weighted by molar-refractivity contribution is 0.668. The van der Waals surface area contributed by atoms with Crippen LogP contribution in [0.2, 0.25) is 5.02 Å². The van der Waals surface area contributed by atoms with Crippen LogP contribution in [0.1, 0.15) is 29.7 Å². The summed E-state index contributed by atoms with van der Waals surface area (Å²) in [5.74, 6) is 0.598. The third kappa shape index (κ3) is 2.48. The Hall–Kier alpha value is -2.05. The summed E-state index contributed by atoms with van der Waals surface area (Å²) in [6.07, 6.45) is 4.34. The van der Waals surface area contributed by atoms with Crippen molar-refractivity contribution in [2.75, 3.05) is 5.32 Å². The first-order valence-corrected chi connectivity index (χ1v) is 7.10. The van der Waals surface area contributed by atoms with Crippen LogP contribution in [0, 0.1) is 11.3 Å². The molecule has 0 aliphatic heterocycles. The van der Waals surface area contributed by atoms with Gasteiger partial charge in [0.05, 0.1) is 16.3 Å². The van der Waals surface area contributed by atoms with Gasteiger partial charge in [-0.25, -0.2) is 4.98 Å². The Bertz CT molecular complexity index is 689. The Morgan fingerprint density at radius 3 is 2.80 bits per heavy atom. The molecule has 1 aromatic carbocycles. The minimum atomic E-state index is 0.575. The molecule has 100 valence electrons. The van der Waals surface area contributed by atoms with Gasteiger partial charge in [0.2, 0.25) is 0 Å². The van der Waals surface area contributed by atoms with Crippen molar-refractivity contribution in [3.63, 3.8) is 0 Å². The molecule has 0 radical (unpaired) electrons. The number of nitrogens with zero attached hydrogens (tertiary/aromatic N) is 2. The zero-order chi connectivity index (χ0) is 13.9. The summed E-state index contributed by atoms with van der Waals surface area (Å²) in [4.78, 5) is 4.63. The number of halogens is 1. The highest BCUT2D eigenvalue weighted by Gasteiger charge is 2.15. The van der Waals surface area contributed by atoms with Crippen molar-refractivity contribution < 1.29 is 0 Å².